The zero-order valence-corrected chi connectivity index (χ0v) is 14.9. The number of rotatable bonds is 7. The number of hydrogen-bond acceptors (Lipinski definition) is 5. The van der Waals surface area contributed by atoms with Crippen LogP contribution in [0.15, 0.2) is 29.4 Å². The molecule has 7 heteroatoms. The summed E-state index contributed by atoms with van der Waals surface area (Å²) in [5.74, 6) is 0.0697. The fraction of sp³-hybridized carbons (Fsp3) is 0.500. The van der Waals surface area contributed by atoms with E-state index in [0.29, 0.717) is 44.8 Å². The highest BCUT2D eigenvalue weighted by Crippen LogP contribution is 2.10. The lowest BCUT2D eigenvalue weighted by atomic mass is 10.1. The number of oxime groups is 1. The van der Waals surface area contributed by atoms with Gasteiger partial charge >= 0.3 is 0 Å². The van der Waals surface area contributed by atoms with Gasteiger partial charge in [0.25, 0.3) is 5.91 Å². The molecule has 1 fully saturated rings. The standard InChI is InChI=1S/C18H26N4O3/c1-3-8-19-17(23)14-21-9-11-22(12-10-21)18(24)16-6-4-15(5-7-16)13-20-25-2/h4-7,13H,3,8-12,14H2,1-2H3,(H,19,23)/b20-13+. The number of benzene rings is 1. The zero-order chi connectivity index (χ0) is 18.1. The second-order valence-electron chi connectivity index (χ2n) is 5.96. The van der Waals surface area contributed by atoms with Crippen molar-refractivity contribution in [2.45, 2.75) is 13.3 Å². The largest absolute Gasteiger partial charge is 0.399 e. The van der Waals surface area contributed by atoms with Crippen molar-refractivity contribution in [3.63, 3.8) is 0 Å². The lowest BCUT2D eigenvalue weighted by Crippen LogP contribution is -2.51. The molecule has 1 aromatic rings. The van der Waals surface area contributed by atoms with Gasteiger partial charge in [0.15, 0.2) is 0 Å². The molecule has 136 valence electrons. The van der Waals surface area contributed by atoms with Gasteiger partial charge in [0.05, 0.1) is 12.8 Å². The molecule has 1 aliphatic heterocycles. The molecule has 2 amide bonds. The van der Waals surface area contributed by atoms with Crippen molar-refractivity contribution >= 4 is 18.0 Å². The van der Waals surface area contributed by atoms with Crippen molar-refractivity contribution in [2.75, 3.05) is 46.4 Å². The Kier molecular flexibility index (Phi) is 7.40. The van der Waals surface area contributed by atoms with E-state index in [4.69, 9.17) is 0 Å². The molecule has 0 aromatic heterocycles. The number of nitrogens with zero attached hydrogens (tertiary/aromatic N) is 3. The third kappa shape index (κ3) is 5.86. The van der Waals surface area contributed by atoms with E-state index in [0.717, 1.165) is 12.0 Å². The zero-order valence-electron chi connectivity index (χ0n) is 14.9. The smallest absolute Gasteiger partial charge is 0.253 e. The molecular weight excluding hydrogens is 320 g/mol. The van der Waals surface area contributed by atoms with Gasteiger partial charge in [-0.1, -0.05) is 24.2 Å². The Bertz CT molecular complexity index is 593. The second-order valence-corrected chi connectivity index (χ2v) is 5.96. The predicted molar refractivity (Wildman–Crippen MR) is 96.7 cm³/mol. The number of carbonyl (C=O) groups is 2. The number of hydrogen-bond donors (Lipinski definition) is 1. The van der Waals surface area contributed by atoms with Crippen molar-refractivity contribution in [2.24, 2.45) is 5.16 Å². The molecule has 7 nitrogen and oxygen atoms in total. The van der Waals surface area contributed by atoms with Crippen LogP contribution in [0.3, 0.4) is 0 Å². The Morgan fingerprint density at radius 2 is 1.88 bits per heavy atom. The van der Waals surface area contributed by atoms with Gasteiger partial charge in [-0.05, 0) is 24.1 Å². The summed E-state index contributed by atoms with van der Waals surface area (Å²) in [6.07, 6.45) is 2.53. The molecule has 0 radical (unpaired) electrons. The lowest BCUT2D eigenvalue weighted by molar-refractivity contribution is -0.122. The lowest BCUT2D eigenvalue weighted by Gasteiger charge is -2.34. The first-order chi connectivity index (χ1) is 12.1. The van der Waals surface area contributed by atoms with Crippen molar-refractivity contribution in [3.8, 4) is 0 Å². The SMILES string of the molecule is CCCNC(=O)CN1CCN(C(=O)c2ccc(/C=N/OC)cc2)CC1. The number of nitrogens with one attached hydrogen (secondary N) is 1. The third-order valence-corrected chi connectivity index (χ3v) is 4.06. The molecule has 1 aliphatic rings. The normalized spacial score (nSPS) is 15.4. The molecule has 0 spiro atoms. The van der Waals surface area contributed by atoms with Gasteiger partial charge in [-0.2, -0.15) is 0 Å². The molecule has 0 unspecified atom stereocenters. The fourth-order valence-electron chi connectivity index (χ4n) is 2.64. The summed E-state index contributed by atoms with van der Waals surface area (Å²) in [4.78, 5) is 32.9. The average molecular weight is 346 g/mol. The van der Waals surface area contributed by atoms with Crippen LogP contribution in [0.5, 0.6) is 0 Å². The topological polar surface area (TPSA) is 74.2 Å². The maximum absolute atomic E-state index is 12.6. The number of piperazine rings is 1. The average Bonchev–Trinajstić information content (AvgIpc) is 2.65. The Balaban J connectivity index is 1.82. The third-order valence-electron chi connectivity index (χ3n) is 4.06. The second kappa shape index (κ2) is 9.78. The molecule has 0 atom stereocenters. The van der Waals surface area contributed by atoms with Crippen molar-refractivity contribution < 1.29 is 14.4 Å². The molecule has 2 rings (SSSR count). The van der Waals surface area contributed by atoms with Gasteiger partial charge in [-0.15, -0.1) is 0 Å². The van der Waals surface area contributed by atoms with E-state index < -0.39 is 0 Å². The van der Waals surface area contributed by atoms with Crippen LogP contribution in [0.4, 0.5) is 0 Å². The minimum Gasteiger partial charge on any atom is -0.399 e. The van der Waals surface area contributed by atoms with Crippen LogP contribution in [-0.4, -0.2) is 74.2 Å². The summed E-state index contributed by atoms with van der Waals surface area (Å²) in [7, 11) is 1.49. The molecule has 0 saturated carbocycles. The van der Waals surface area contributed by atoms with Gasteiger partial charge < -0.3 is 15.1 Å². The van der Waals surface area contributed by atoms with Crippen LogP contribution in [0.25, 0.3) is 0 Å². The monoisotopic (exact) mass is 346 g/mol. The first-order valence-electron chi connectivity index (χ1n) is 8.59. The molecular formula is C18H26N4O3. The van der Waals surface area contributed by atoms with Crippen LogP contribution >= 0.6 is 0 Å². The van der Waals surface area contributed by atoms with Crippen molar-refractivity contribution in [1.82, 2.24) is 15.1 Å². The molecule has 1 saturated heterocycles. The summed E-state index contributed by atoms with van der Waals surface area (Å²) in [5, 5.41) is 6.58. The first-order valence-corrected chi connectivity index (χ1v) is 8.59. The summed E-state index contributed by atoms with van der Waals surface area (Å²) in [5.41, 5.74) is 1.53. The molecule has 1 N–H and O–H groups in total. The molecule has 0 aliphatic carbocycles. The van der Waals surface area contributed by atoms with Gasteiger partial charge in [-0.3, -0.25) is 14.5 Å². The van der Waals surface area contributed by atoms with E-state index in [1.165, 1.54) is 7.11 Å². The summed E-state index contributed by atoms with van der Waals surface area (Å²) >= 11 is 0. The summed E-state index contributed by atoms with van der Waals surface area (Å²) in [6, 6.07) is 7.27. The minimum absolute atomic E-state index is 0.0188. The highest BCUT2D eigenvalue weighted by atomic mass is 16.6. The van der Waals surface area contributed by atoms with E-state index >= 15 is 0 Å². The van der Waals surface area contributed by atoms with Gasteiger partial charge in [0, 0.05) is 38.3 Å². The molecule has 1 aromatic carbocycles. The number of carbonyl (C=O) groups excluding carboxylic acids is 2. The van der Waals surface area contributed by atoms with E-state index in [2.05, 4.69) is 20.2 Å². The highest BCUT2D eigenvalue weighted by Gasteiger charge is 2.23. The predicted octanol–water partition coefficient (Wildman–Crippen LogP) is 0.951. The molecule has 25 heavy (non-hydrogen) atoms. The summed E-state index contributed by atoms with van der Waals surface area (Å²) < 4.78 is 0. The van der Waals surface area contributed by atoms with E-state index in [1.54, 1.807) is 18.3 Å². The van der Waals surface area contributed by atoms with Crippen LogP contribution in [-0.2, 0) is 9.63 Å². The van der Waals surface area contributed by atoms with Crippen molar-refractivity contribution in [1.29, 1.82) is 0 Å². The van der Waals surface area contributed by atoms with E-state index in [9.17, 15) is 9.59 Å². The van der Waals surface area contributed by atoms with Crippen LogP contribution in [0.1, 0.15) is 29.3 Å². The van der Waals surface area contributed by atoms with E-state index in [-0.39, 0.29) is 11.8 Å². The van der Waals surface area contributed by atoms with Crippen LogP contribution in [0, 0.1) is 0 Å². The van der Waals surface area contributed by atoms with Crippen molar-refractivity contribution in [3.05, 3.63) is 35.4 Å². The Hall–Kier alpha value is -2.41. The van der Waals surface area contributed by atoms with Gasteiger partial charge in [0.2, 0.25) is 5.91 Å². The fourth-order valence-corrected chi connectivity index (χ4v) is 2.64. The highest BCUT2D eigenvalue weighted by molar-refractivity contribution is 5.95. The van der Waals surface area contributed by atoms with Gasteiger partial charge in [0.1, 0.15) is 7.11 Å². The van der Waals surface area contributed by atoms with Gasteiger partial charge in [-0.25, -0.2) is 0 Å². The Morgan fingerprint density at radius 3 is 2.48 bits per heavy atom. The summed E-state index contributed by atoms with van der Waals surface area (Å²) in [6.45, 7) is 5.83. The minimum atomic E-state index is 0.0188. The quantitative estimate of drug-likeness (QED) is 0.589. The maximum atomic E-state index is 12.6. The maximum Gasteiger partial charge on any atom is 0.253 e. The van der Waals surface area contributed by atoms with E-state index in [1.807, 2.05) is 24.0 Å². The van der Waals surface area contributed by atoms with Crippen LogP contribution < -0.4 is 5.32 Å². The Morgan fingerprint density at radius 1 is 1.20 bits per heavy atom. The molecule has 1 heterocycles. The first kappa shape index (κ1) is 18.9. The number of amides is 2. The van der Waals surface area contributed by atoms with Crippen LogP contribution in [0.2, 0.25) is 0 Å². The molecule has 0 bridgehead atoms. The Labute approximate surface area is 148 Å².